The van der Waals surface area contributed by atoms with E-state index in [0.29, 0.717) is 0 Å². The van der Waals surface area contributed by atoms with Gasteiger partial charge in [0.15, 0.2) is 0 Å². The van der Waals surface area contributed by atoms with Gasteiger partial charge in [0.1, 0.15) is 5.82 Å². The van der Waals surface area contributed by atoms with Crippen molar-refractivity contribution in [2.75, 3.05) is 13.7 Å². The van der Waals surface area contributed by atoms with Crippen LogP contribution in [0, 0.1) is 6.92 Å². The maximum Gasteiger partial charge on any atom is 0.106 e. The molecular weight excluding hydrogens is 202 g/mol. The number of aromatic nitrogens is 2. The topological polar surface area (TPSA) is 50.1 Å². The lowest BCUT2D eigenvalue weighted by atomic mass is 10.1. The normalized spacial score (nSPS) is 13.2. The van der Waals surface area contributed by atoms with Crippen LogP contribution in [-0.4, -0.2) is 28.3 Å². The molecule has 2 rings (SSSR count). The number of fused-ring (bicyclic) bond motifs is 1. The Morgan fingerprint density at radius 2 is 2.25 bits per heavy atom. The van der Waals surface area contributed by atoms with Crippen LogP contribution in [0.25, 0.3) is 11.0 Å². The number of hydrogen-bond acceptors (Lipinski definition) is 3. The van der Waals surface area contributed by atoms with E-state index in [1.807, 2.05) is 39.2 Å². The van der Waals surface area contributed by atoms with E-state index in [9.17, 15) is 5.11 Å². The summed E-state index contributed by atoms with van der Waals surface area (Å²) in [6.45, 7) is 2.08. The number of likely N-dealkylation sites (N-methyl/N-ethyl adjacent to an activating group) is 1. The van der Waals surface area contributed by atoms with E-state index in [1.165, 1.54) is 0 Å². The Labute approximate surface area is 94.9 Å². The molecule has 0 aliphatic heterocycles. The summed E-state index contributed by atoms with van der Waals surface area (Å²) in [6, 6.07) is 6.08. The first-order valence-corrected chi connectivity index (χ1v) is 5.38. The lowest BCUT2D eigenvalue weighted by molar-refractivity contribution is 0.251. The molecule has 4 nitrogen and oxygen atoms in total. The number of nitrogens with one attached hydrogen (secondary N) is 1. The summed E-state index contributed by atoms with van der Waals surface area (Å²) in [5.41, 5.74) is 3.16. The van der Waals surface area contributed by atoms with Crippen molar-refractivity contribution in [3.8, 4) is 0 Å². The number of imidazole rings is 1. The fourth-order valence-electron chi connectivity index (χ4n) is 1.92. The van der Waals surface area contributed by atoms with E-state index in [-0.39, 0.29) is 12.6 Å². The van der Waals surface area contributed by atoms with Gasteiger partial charge in [0, 0.05) is 7.05 Å². The van der Waals surface area contributed by atoms with Crippen LogP contribution < -0.4 is 5.32 Å². The van der Waals surface area contributed by atoms with E-state index in [0.717, 1.165) is 22.4 Å². The van der Waals surface area contributed by atoms with Gasteiger partial charge in [-0.1, -0.05) is 6.07 Å². The summed E-state index contributed by atoms with van der Waals surface area (Å²) in [5, 5.41) is 12.3. The van der Waals surface area contributed by atoms with Crippen molar-refractivity contribution in [3.63, 3.8) is 0 Å². The zero-order chi connectivity index (χ0) is 11.7. The highest BCUT2D eigenvalue weighted by Gasteiger charge is 2.10. The number of aliphatic hydroxyl groups is 1. The second-order valence-corrected chi connectivity index (χ2v) is 3.99. The number of hydrogen-bond donors (Lipinski definition) is 2. The molecule has 0 radical (unpaired) electrons. The second kappa shape index (κ2) is 4.23. The minimum absolute atomic E-state index is 0.0216. The molecule has 16 heavy (non-hydrogen) atoms. The monoisotopic (exact) mass is 219 g/mol. The molecule has 0 fully saturated rings. The van der Waals surface area contributed by atoms with Gasteiger partial charge in [0.2, 0.25) is 0 Å². The predicted octanol–water partition coefficient (Wildman–Crippen LogP) is 1.13. The molecule has 0 aliphatic carbocycles. The molecule has 0 saturated heterocycles. The van der Waals surface area contributed by atoms with Gasteiger partial charge in [-0.2, -0.15) is 0 Å². The quantitative estimate of drug-likeness (QED) is 0.813. The molecule has 0 spiro atoms. The molecule has 0 aliphatic rings. The number of rotatable bonds is 3. The van der Waals surface area contributed by atoms with Crippen molar-refractivity contribution in [1.82, 2.24) is 14.9 Å². The zero-order valence-corrected chi connectivity index (χ0v) is 9.86. The highest BCUT2D eigenvalue weighted by Crippen LogP contribution is 2.20. The largest absolute Gasteiger partial charge is 0.394 e. The third-order valence-corrected chi connectivity index (χ3v) is 3.06. The summed E-state index contributed by atoms with van der Waals surface area (Å²) in [6.07, 6.45) is 0. The summed E-state index contributed by atoms with van der Waals surface area (Å²) >= 11 is 0. The van der Waals surface area contributed by atoms with Crippen molar-refractivity contribution in [2.24, 2.45) is 7.05 Å². The molecule has 1 aromatic carbocycles. The van der Waals surface area contributed by atoms with Crippen LogP contribution in [0.4, 0.5) is 0 Å². The minimum atomic E-state index is -0.0216. The van der Waals surface area contributed by atoms with Gasteiger partial charge in [-0.15, -0.1) is 0 Å². The molecule has 4 heteroatoms. The lowest BCUT2D eigenvalue weighted by Crippen LogP contribution is -2.19. The van der Waals surface area contributed by atoms with E-state index in [4.69, 9.17) is 0 Å². The van der Waals surface area contributed by atoms with Crippen molar-refractivity contribution < 1.29 is 5.11 Å². The third kappa shape index (κ3) is 1.70. The molecule has 2 aromatic rings. The average Bonchev–Trinajstić information content (AvgIpc) is 2.56. The van der Waals surface area contributed by atoms with Crippen molar-refractivity contribution >= 4 is 11.0 Å². The first-order chi connectivity index (χ1) is 7.67. The standard InChI is InChI=1S/C12H17N3O/c1-8-14-10-6-9(11(7-16)13-2)4-5-12(10)15(8)3/h4-6,11,13,16H,7H2,1-3H3. The summed E-state index contributed by atoms with van der Waals surface area (Å²) < 4.78 is 2.06. The van der Waals surface area contributed by atoms with E-state index in [2.05, 4.69) is 14.9 Å². The first kappa shape index (κ1) is 11.1. The molecule has 0 bridgehead atoms. The Morgan fingerprint density at radius 3 is 2.88 bits per heavy atom. The van der Waals surface area contributed by atoms with Gasteiger partial charge >= 0.3 is 0 Å². The minimum Gasteiger partial charge on any atom is -0.394 e. The Morgan fingerprint density at radius 1 is 1.50 bits per heavy atom. The van der Waals surface area contributed by atoms with Gasteiger partial charge in [0.05, 0.1) is 23.7 Å². The van der Waals surface area contributed by atoms with Crippen molar-refractivity contribution in [1.29, 1.82) is 0 Å². The maximum absolute atomic E-state index is 9.22. The summed E-state index contributed by atoms with van der Waals surface area (Å²) in [7, 11) is 3.85. The maximum atomic E-state index is 9.22. The summed E-state index contributed by atoms with van der Waals surface area (Å²) in [5.74, 6) is 0.997. The zero-order valence-electron chi connectivity index (χ0n) is 9.86. The van der Waals surface area contributed by atoms with Crippen LogP contribution in [0.1, 0.15) is 17.4 Å². The molecule has 0 saturated carbocycles. The number of benzene rings is 1. The molecule has 2 N–H and O–H groups in total. The molecule has 1 heterocycles. The van der Waals surface area contributed by atoms with E-state index < -0.39 is 0 Å². The van der Waals surface area contributed by atoms with E-state index in [1.54, 1.807) is 0 Å². The van der Waals surface area contributed by atoms with Crippen molar-refractivity contribution in [3.05, 3.63) is 29.6 Å². The fraction of sp³-hybridized carbons (Fsp3) is 0.417. The van der Waals surface area contributed by atoms with Crippen LogP contribution in [0.15, 0.2) is 18.2 Å². The van der Waals surface area contributed by atoms with E-state index >= 15 is 0 Å². The van der Waals surface area contributed by atoms with Crippen LogP contribution in [0.2, 0.25) is 0 Å². The SMILES string of the molecule is CNC(CO)c1ccc2c(c1)nc(C)n2C. The van der Waals surface area contributed by atoms with Gasteiger partial charge in [0.25, 0.3) is 0 Å². The van der Waals surface area contributed by atoms with Gasteiger partial charge < -0.3 is 15.0 Å². The molecular formula is C12H17N3O. The Balaban J connectivity index is 2.52. The highest BCUT2D eigenvalue weighted by molar-refractivity contribution is 5.76. The second-order valence-electron chi connectivity index (χ2n) is 3.99. The lowest BCUT2D eigenvalue weighted by Gasteiger charge is -2.13. The first-order valence-electron chi connectivity index (χ1n) is 5.38. The van der Waals surface area contributed by atoms with Gasteiger partial charge in [-0.25, -0.2) is 4.98 Å². The van der Waals surface area contributed by atoms with Crippen molar-refractivity contribution in [2.45, 2.75) is 13.0 Å². The smallest absolute Gasteiger partial charge is 0.106 e. The number of aryl methyl sites for hydroxylation is 2. The van der Waals surface area contributed by atoms with Crippen LogP contribution in [0.5, 0.6) is 0 Å². The number of nitrogens with zero attached hydrogens (tertiary/aromatic N) is 2. The fourth-order valence-corrected chi connectivity index (χ4v) is 1.92. The van der Waals surface area contributed by atoms with Gasteiger partial charge in [-0.05, 0) is 31.7 Å². The molecule has 1 atom stereocenters. The summed E-state index contributed by atoms with van der Waals surface area (Å²) in [4.78, 5) is 4.48. The van der Waals surface area contributed by atoms with Crippen LogP contribution in [0.3, 0.4) is 0 Å². The molecule has 0 amide bonds. The van der Waals surface area contributed by atoms with Crippen LogP contribution >= 0.6 is 0 Å². The number of aliphatic hydroxyl groups excluding tert-OH is 1. The predicted molar refractivity (Wildman–Crippen MR) is 64.3 cm³/mol. The Kier molecular flexibility index (Phi) is 2.94. The average molecular weight is 219 g/mol. The third-order valence-electron chi connectivity index (χ3n) is 3.06. The molecule has 86 valence electrons. The molecule has 1 aromatic heterocycles. The van der Waals surface area contributed by atoms with Crippen LogP contribution in [-0.2, 0) is 7.05 Å². The highest BCUT2D eigenvalue weighted by atomic mass is 16.3. The Bertz CT molecular complexity index is 500. The molecule has 1 unspecified atom stereocenters. The Hall–Kier alpha value is -1.39. The van der Waals surface area contributed by atoms with Gasteiger partial charge in [-0.3, -0.25) is 0 Å².